The number of halogens is 1. The van der Waals surface area contributed by atoms with E-state index in [1.807, 2.05) is 18.2 Å². The summed E-state index contributed by atoms with van der Waals surface area (Å²) in [5.41, 5.74) is 6.39. The summed E-state index contributed by atoms with van der Waals surface area (Å²) in [5.74, 6) is 0.649. The predicted molar refractivity (Wildman–Crippen MR) is 83.6 cm³/mol. The highest BCUT2D eigenvalue weighted by atomic mass is 79.9. The van der Waals surface area contributed by atoms with E-state index < -0.39 is 0 Å². The molecule has 1 aliphatic heterocycles. The maximum Gasteiger partial charge on any atom is 0.222 e. The molecule has 104 valence electrons. The van der Waals surface area contributed by atoms with Crippen LogP contribution in [-0.4, -0.2) is 24.0 Å². The predicted octanol–water partition coefficient (Wildman–Crippen LogP) is 2.70. The summed E-state index contributed by atoms with van der Waals surface area (Å²) in [6.07, 6.45) is 1.86. The van der Waals surface area contributed by atoms with Crippen LogP contribution < -0.4 is 10.6 Å². The number of hydrogen-bond acceptors (Lipinski definition) is 3. The molecule has 0 radical (unpaired) electrons. The van der Waals surface area contributed by atoms with Gasteiger partial charge in [0.05, 0.1) is 11.4 Å². The Bertz CT molecular complexity index is 659. The molecule has 1 amide bonds. The highest BCUT2D eigenvalue weighted by Gasteiger charge is 2.24. The Labute approximate surface area is 126 Å². The van der Waals surface area contributed by atoms with Crippen molar-refractivity contribution < 1.29 is 4.79 Å². The third kappa shape index (κ3) is 2.63. The number of aromatic nitrogens is 1. The second-order valence-corrected chi connectivity index (χ2v) is 6.11. The summed E-state index contributed by atoms with van der Waals surface area (Å²) in [7, 11) is 0. The highest BCUT2D eigenvalue weighted by molar-refractivity contribution is 9.10. The topological polar surface area (TPSA) is 59.2 Å². The van der Waals surface area contributed by atoms with Crippen molar-refractivity contribution in [3.63, 3.8) is 0 Å². The van der Waals surface area contributed by atoms with Gasteiger partial charge in [0.2, 0.25) is 5.91 Å². The lowest BCUT2D eigenvalue weighted by molar-refractivity contribution is -0.122. The van der Waals surface area contributed by atoms with E-state index in [4.69, 9.17) is 5.73 Å². The highest BCUT2D eigenvalue weighted by Crippen LogP contribution is 2.25. The number of primary amides is 1. The van der Waals surface area contributed by atoms with Crippen LogP contribution in [0, 0.1) is 5.92 Å². The molecule has 1 saturated heterocycles. The van der Waals surface area contributed by atoms with Crippen molar-refractivity contribution in [2.45, 2.75) is 12.8 Å². The van der Waals surface area contributed by atoms with Gasteiger partial charge in [-0.3, -0.25) is 4.79 Å². The number of amides is 1. The summed E-state index contributed by atoms with van der Waals surface area (Å²) in [6, 6.07) is 10.1. The quantitative estimate of drug-likeness (QED) is 0.919. The van der Waals surface area contributed by atoms with Crippen LogP contribution in [0.3, 0.4) is 0 Å². The zero-order chi connectivity index (χ0) is 14.1. The second kappa shape index (κ2) is 5.40. The second-order valence-electron chi connectivity index (χ2n) is 5.19. The van der Waals surface area contributed by atoms with Crippen LogP contribution in [-0.2, 0) is 4.79 Å². The summed E-state index contributed by atoms with van der Waals surface area (Å²) in [4.78, 5) is 18.2. The van der Waals surface area contributed by atoms with Crippen molar-refractivity contribution in [3.05, 3.63) is 34.8 Å². The van der Waals surface area contributed by atoms with Gasteiger partial charge in [-0.15, -0.1) is 0 Å². The standard InChI is InChI=1S/C15H16BrN3O/c16-12-4-5-13-10(8-12)3-6-14(18-13)19-7-1-2-11(9-19)15(17)20/h3-6,8,11H,1-2,7,9H2,(H2,17,20)/t11-/m0/s1. The molecule has 1 fully saturated rings. The molecule has 0 aliphatic carbocycles. The van der Waals surface area contributed by atoms with Crippen LogP contribution in [0.15, 0.2) is 34.8 Å². The summed E-state index contributed by atoms with van der Waals surface area (Å²) in [5, 5.41) is 1.10. The molecular formula is C15H16BrN3O. The average Bonchev–Trinajstić information content (AvgIpc) is 2.47. The SMILES string of the molecule is NC(=O)[C@H]1CCCN(c2ccc3cc(Br)ccc3n2)C1. The largest absolute Gasteiger partial charge is 0.369 e. The molecule has 4 nitrogen and oxygen atoms in total. The van der Waals surface area contributed by atoms with Gasteiger partial charge in [-0.1, -0.05) is 15.9 Å². The van der Waals surface area contributed by atoms with Crippen LogP contribution in [0.5, 0.6) is 0 Å². The summed E-state index contributed by atoms with van der Waals surface area (Å²) in [6.45, 7) is 1.60. The summed E-state index contributed by atoms with van der Waals surface area (Å²) >= 11 is 3.46. The number of fused-ring (bicyclic) bond motifs is 1. The molecule has 0 saturated carbocycles. The molecule has 2 N–H and O–H groups in total. The molecule has 1 aliphatic rings. The van der Waals surface area contributed by atoms with Crippen molar-refractivity contribution in [3.8, 4) is 0 Å². The lowest BCUT2D eigenvalue weighted by Gasteiger charge is -2.32. The third-order valence-corrected chi connectivity index (χ3v) is 4.28. The first-order valence-corrected chi connectivity index (χ1v) is 7.53. The molecule has 2 heterocycles. The number of carbonyl (C=O) groups excluding carboxylic acids is 1. The van der Waals surface area contributed by atoms with Gasteiger partial charge in [0, 0.05) is 22.9 Å². The Morgan fingerprint density at radius 2 is 2.20 bits per heavy atom. The van der Waals surface area contributed by atoms with Gasteiger partial charge in [0.15, 0.2) is 0 Å². The van der Waals surface area contributed by atoms with Gasteiger partial charge in [0.25, 0.3) is 0 Å². The fraction of sp³-hybridized carbons (Fsp3) is 0.333. The molecule has 3 rings (SSSR count). The van der Waals surface area contributed by atoms with E-state index in [1.165, 1.54) is 0 Å². The van der Waals surface area contributed by atoms with Crippen molar-refractivity contribution in [1.82, 2.24) is 4.98 Å². The number of nitrogens with two attached hydrogens (primary N) is 1. The molecule has 20 heavy (non-hydrogen) atoms. The third-order valence-electron chi connectivity index (χ3n) is 3.78. The summed E-state index contributed by atoms with van der Waals surface area (Å²) < 4.78 is 1.05. The van der Waals surface area contributed by atoms with E-state index >= 15 is 0 Å². The van der Waals surface area contributed by atoms with Gasteiger partial charge in [0.1, 0.15) is 5.82 Å². The minimum absolute atomic E-state index is 0.0637. The Kier molecular flexibility index (Phi) is 3.61. The monoisotopic (exact) mass is 333 g/mol. The zero-order valence-electron chi connectivity index (χ0n) is 11.1. The number of nitrogens with zero attached hydrogens (tertiary/aromatic N) is 2. The first-order chi connectivity index (χ1) is 9.63. The van der Waals surface area contributed by atoms with E-state index in [0.29, 0.717) is 6.54 Å². The fourth-order valence-corrected chi connectivity index (χ4v) is 3.06. The van der Waals surface area contributed by atoms with Crippen LogP contribution in [0.25, 0.3) is 10.9 Å². The van der Waals surface area contributed by atoms with E-state index in [-0.39, 0.29) is 11.8 Å². The normalized spacial score (nSPS) is 19.2. The van der Waals surface area contributed by atoms with Crippen LogP contribution in [0.1, 0.15) is 12.8 Å². The lowest BCUT2D eigenvalue weighted by Crippen LogP contribution is -2.41. The van der Waals surface area contributed by atoms with E-state index in [9.17, 15) is 4.79 Å². The molecule has 1 aromatic carbocycles. The maximum atomic E-state index is 11.4. The molecule has 5 heteroatoms. The number of anilines is 1. The van der Waals surface area contributed by atoms with Gasteiger partial charge >= 0.3 is 0 Å². The van der Waals surface area contributed by atoms with Crippen molar-refractivity contribution >= 4 is 38.6 Å². The zero-order valence-corrected chi connectivity index (χ0v) is 12.6. The van der Waals surface area contributed by atoms with Gasteiger partial charge < -0.3 is 10.6 Å². The molecule has 2 aromatic rings. The molecule has 0 spiro atoms. The van der Waals surface area contributed by atoms with Crippen LogP contribution in [0.4, 0.5) is 5.82 Å². The lowest BCUT2D eigenvalue weighted by atomic mass is 9.97. The first kappa shape index (κ1) is 13.4. The van der Waals surface area contributed by atoms with Crippen molar-refractivity contribution in [2.75, 3.05) is 18.0 Å². The van der Waals surface area contributed by atoms with E-state index in [1.54, 1.807) is 0 Å². The molecular weight excluding hydrogens is 318 g/mol. The Balaban J connectivity index is 1.90. The molecule has 1 aromatic heterocycles. The molecule has 0 unspecified atom stereocenters. The van der Waals surface area contributed by atoms with Crippen LogP contribution in [0.2, 0.25) is 0 Å². The number of benzene rings is 1. The smallest absolute Gasteiger partial charge is 0.222 e. The van der Waals surface area contributed by atoms with E-state index in [0.717, 1.165) is 40.6 Å². The van der Waals surface area contributed by atoms with Crippen molar-refractivity contribution in [2.24, 2.45) is 11.7 Å². The molecule has 1 atom stereocenters. The fourth-order valence-electron chi connectivity index (χ4n) is 2.68. The maximum absolute atomic E-state index is 11.4. The first-order valence-electron chi connectivity index (χ1n) is 6.74. The number of hydrogen-bond donors (Lipinski definition) is 1. The Morgan fingerprint density at radius 3 is 3.00 bits per heavy atom. The molecule has 0 bridgehead atoms. The number of rotatable bonds is 2. The average molecular weight is 334 g/mol. The van der Waals surface area contributed by atoms with Gasteiger partial charge in [-0.25, -0.2) is 4.98 Å². The van der Waals surface area contributed by atoms with E-state index in [2.05, 4.69) is 37.9 Å². The minimum atomic E-state index is -0.209. The number of piperidine rings is 1. The minimum Gasteiger partial charge on any atom is -0.369 e. The number of pyridine rings is 1. The van der Waals surface area contributed by atoms with Crippen molar-refractivity contribution in [1.29, 1.82) is 0 Å². The number of carbonyl (C=O) groups is 1. The van der Waals surface area contributed by atoms with Crippen LogP contribution >= 0.6 is 15.9 Å². The van der Waals surface area contributed by atoms with Gasteiger partial charge in [-0.05, 0) is 43.2 Å². The van der Waals surface area contributed by atoms with Gasteiger partial charge in [-0.2, -0.15) is 0 Å². The Morgan fingerprint density at radius 1 is 1.35 bits per heavy atom. The Hall–Kier alpha value is -1.62.